The molecule has 1 aliphatic rings. The minimum absolute atomic E-state index is 0. The molecular formula is C13H19ClN2O. The summed E-state index contributed by atoms with van der Waals surface area (Å²) in [6, 6.07) is 8.13. The topological polar surface area (TPSA) is 41.1 Å². The molecule has 0 radical (unpaired) electrons. The lowest BCUT2D eigenvalue weighted by molar-refractivity contribution is 0.0950. The van der Waals surface area contributed by atoms with Crippen LogP contribution in [0.4, 0.5) is 0 Å². The zero-order chi connectivity index (χ0) is 11.4. The summed E-state index contributed by atoms with van der Waals surface area (Å²) in [5.41, 5.74) is 1.87. The molecule has 0 saturated carbocycles. The highest BCUT2D eigenvalue weighted by atomic mass is 35.5. The van der Waals surface area contributed by atoms with Gasteiger partial charge in [0.2, 0.25) is 0 Å². The Bertz CT molecular complexity index is 375. The third-order valence-corrected chi connectivity index (χ3v) is 2.95. The summed E-state index contributed by atoms with van der Waals surface area (Å²) in [5.74, 6) is 0.0254. The molecule has 0 bridgehead atoms. The van der Waals surface area contributed by atoms with Crippen LogP contribution in [-0.2, 0) is 0 Å². The molecule has 1 aliphatic heterocycles. The number of hydrogen-bond acceptors (Lipinski definition) is 2. The van der Waals surface area contributed by atoms with E-state index in [0.29, 0.717) is 6.04 Å². The molecule has 1 aromatic rings. The Balaban J connectivity index is 0.00000144. The summed E-state index contributed by atoms with van der Waals surface area (Å²) < 4.78 is 0. The summed E-state index contributed by atoms with van der Waals surface area (Å²) in [6.45, 7) is 3.80. The van der Waals surface area contributed by atoms with Crippen molar-refractivity contribution < 1.29 is 4.79 Å². The number of aryl methyl sites for hydroxylation is 1. The Morgan fingerprint density at radius 3 is 3.00 bits per heavy atom. The predicted octanol–water partition coefficient (Wildman–Crippen LogP) is 1.90. The van der Waals surface area contributed by atoms with Gasteiger partial charge in [0.15, 0.2) is 0 Å². The van der Waals surface area contributed by atoms with Gasteiger partial charge < -0.3 is 10.6 Å². The van der Waals surface area contributed by atoms with E-state index in [2.05, 4.69) is 10.6 Å². The summed E-state index contributed by atoms with van der Waals surface area (Å²) in [4.78, 5) is 11.8. The van der Waals surface area contributed by atoms with Crippen molar-refractivity contribution in [2.24, 2.45) is 0 Å². The molecule has 1 atom stereocenters. The van der Waals surface area contributed by atoms with Gasteiger partial charge in [-0.3, -0.25) is 4.79 Å². The average Bonchev–Trinajstić information content (AvgIpc) is 2.78. The molecule has 94 valence electrons. The van der Waals surface area contributed by atoms with Crippen LogP contribution in [0.15, 0.2) is 24.3 Å². The molecule has 1 heterocycles. The van der Waals surface area contributed by atoms with Gasteiger partial charge in [0.1, 0.15) is 0 Å². The van der Waals surface area contributed by atoms with E-state index < -0.39 is 0 Å². The molecular weight excluding hydrogens is 236 g/mol. The van der Waals surface area contributed by atoms with E-state index in [-0.39, 0.29) is 18.3 Å². The van der Waals surface area contributed by atoms with Gasteiger partial charge in [0.05, 0.1) is 0 Å². The summed E-state index contributed by atoms with van der Waals surface area (Å²) in [6.07, 6.45) is 2.37. The average molecular weight is 255 g/mol. The van der Waals surface area contributed by atoms with Gasteiger partial charge >= 0.3 is 0 Å². The lowest BCUT2D eigenvalue weighted by Gasteiger charge is -2.11. The van der Waals surface area contributed by atoms with Crippen LogP contribution in [0.5, 0.6) is 0 Å². The van der Waals surface area contributed by atoms with Crippen LogP contribution in [0, 0.1) is 6.92 Å². The smallest absolute Gasteiger partial charge is 0.251 e. The molecule has 0 aliphatic carbocycles. The number of carbonyl (C=O) groups is 1. The van der Waals surface area contributed by atoms with Gasteiger partial charge in [0, 0.05) is 18.2 Å². The maximum absolute atomic E-state index is 11.8. The first-order valence-electron chi connectivity index (χ1n) is 5.84. The van der Waals surface area contributed by atoms with Crippen LogP contribution in [0.1, 0.15) is 28.8 Å². The Morgan fingerprint density at radius 2 is 2.35 bits per heavy atom. The van der Waals surface area contributed by atoms with Crippen LogP contribution >= 0.6 is 12.4 Å². The molecule has 2 N–H and O–H groups in total. The van der Waals surface area contributed by atoms with Crippen molar-refractivity contribution in [2.75, 3.05) is 13.1 Å². The van der Waals surface area contributed by atoms with Gasteiger partial charge in [-0.15, -0.1) is 12.4 Å². The monoisotopic (exact) mass is 254 g/mol. The number of halogens is 1. The second kappa shape index (κ2) is 6.62. The number of benzene rings is 1. The van der Waals surface area contributed by atoms with Crippen molar-refractivity contribution in [3.05, 3.63) is 35.4 Å². The van der Waals surface area contributed by atoms with Crippen molar-refractivity contribution in [1.82, 2.24) is 10.6 Å². The molecule has 2 rings (SSSR count). The molecule has 1 amide bonds. The molecule has 0 aromatic heterocycles. The first kappa shape index (κ1) is 14.0. The van der Waals surface area contributed by atoms with Crippen LogP contribution in [0.3, 0.4) is 0 Å². The van der Waals surface area contributed by atoms with Gasteiger partial charge in [-0.05, 0) is 38.4 Å². The molecule has 1 unspecified atom stereocenters. The van der Waals surface area contributed by atoms with E-state index >= 15 is 0 Å². The number of amides is 1. The van der Waals surface area contributed by atoms with Crippen LogP contribution in [0.25, 0.3) is 0 Å². The summed E-state index contributed by atoms with van der Waals surface area (Å²) >= 11 is 0. The minimum atomic E-state index is 0. The van der Waals surface area contributed by atoms with Gasteiger partial charge in [-0.25, -0.2) is 0 Å². The van der Waals surface area contributed by atoms with Crippen molar-refractivity contribution in [1.29, 1.82) is 0 Å². The molecule has 17 heavy (non-hydrogen) atoms. The fraction of sp³-hybridized carbons (Fsp3) is 0.462. The second-order valence-electron chi connectivity index (χ2n) is 4.37. The number of carbonyl (C=O) groups excluding carboxylic acids is 1. The van der Waals surface area contributed by atoms with Crippen LogP contribution in [0.2, 0.25) is 0 Å². The highest BCUT2D eigenvalue weighted by molar-refractivity contribution is 5.94. The second-order valence-corrected chi connectivity index (χ2v) is 4.37. The molecule has 1 fully saturated rings. The van der Waals surface area contributed by atoms with E-state index in [1.807, 2.05) is 31.2 Å². The first-order valence-corrected chi connectivity index (χ1v) is 5.84. The standard InChI is InChI=1S/C13H18N2O.ClH/c1-10-4-2-5-11(8-10)13(16)15-9-12-6-3-7-14-12;/h2,4-5,8,12,14H,3,6-7,9H2,1H3,(H,15,16);1H. The Labute approximate surface area is 108 Å². The maximum atomic E-state index is 11.8. The molecule has 1 saturated heterocycles. The molecule has 0 spiro atoms. The maximum Gasteiger partial charge on any atom is 0.251 e. The van der Waals surface area contributed by atoms with Crippen molar-refractivity contribution in [3.63, 3.8) is 0 Å². The van der Waals surface area contributed by atoms with Gasteiger partial charge in [0.25, 0.3) is 5.91 Å². The quantitative estimate of drug-likeness (QED) is 0.865. The fourth-order valence-electron chi connectivity index (χ4n) is 2.04. The Morgan fingerprint density at radius 1 is 1.53 bits per heavy atom. The largest absolute Gasteiger partial charge is 0.350 e. The van der Waals surface area contributed by atoms with Crippen molar-refractivity contribution in [2.45, 2.75) is 25.8 Å². The van der Waals surface area contributed by atoms with E-state index in [9.17, 15) is 4.79 Å². The van der Waals surface area contributed by atoms with Crippen LogP contribution in [-0.4, -0.2) is 25.0 Å². The van der Waals surface area contributed by atoms with Crippen molar-refractivity contribution >= 4 is 18.3 Å². The number of nitrogens with one attached hydrogen (secondary N) is 2. The highest BCUT2D eigenvalue weighted by Crippen LogP contribution is 2.05. The SMILES string of the molecule is Cc1cccc(C(=O)NCC2CCCN2)c1.Cl. The zero-order valence-electron chi connectivity index (χ0n) is 10.0. The zero-order valence-corrected chi connectivity index (χ0v) is 10.8. The van der Waals surface area contributed by atoms with Gasteiger partial charge in [-0.1, -0.05) is 17.7 Å². The van der Waals surface area contributed by atoms with Crippen LogP contribution < -0.4 is 10.6 Å². The van der Waals surface area contributed by atoms with Crippen molar-refractivity contribution in [3.8, 4) is 0 Å². The number of rotatable bonds is 3. The van der Waals surface area contributed by atoms with E-state index in [4.69, 9.17) is 0 Å². The van der Waals surface area contributed by atoms with Gasteiger partial charge in [-0.2, -0.15) is 0 Å². The third kappa shape index (κ3) is 4.02. The molecule has 1 aromatic carbocycles. The van der Waals surface area contributed by atoms with E-state index in [0.717, 1.165) is 30.6 Å². The summed E-state index contributed by atoms with van der Waals surface area (Å²) in [7, 11) is 0. The lowest BCUT2D eigenvalue weighted by atomic mass is 10.1. The Kier molecular flexibility index (Phi) is 5.45. The molecule has 4 heteroatoms. The predicted molar refractivity (Wildman–Crippen MR) is 71.8 cm³/mol. The lowest BCUT2D eigenvalue weighted by Crippen LogP contribution is -2.37. The normalized spacial score (nSPS) is 18.5. The molecule has 3 nitrogen and oxygen atoms in total. The third-order valence-electron chi connectivity index (χ3n) is 2.95. The highest BCUT2D eigenvalue weighted by Gasteiger charge is 2.15. The number of hydrogen-bond donors (Lipinski definition) is 2. The van der Waals surface area contributed by atoms with E-state index in [1.165, 1.54) is 6.42 Å². The Hall–Kier alpha value is -1.06. The summed E-state index contributed by atoms with van der Waals surface area (Å²) in [5, 5.41) is 6.33. The first-order chi connectivity index (χ1) is 7.75. The van der Waals surface area contributed by atoms with E-state index in [1.54, 1.807) is 0 Å². The minimum Gasteiger partial charge on any atom is -0.350 e. The fourth-order valence-corrected chi connectivity index (χ4v) is 2.04.